The second-order valence-electron chi connectivity index (χ2n) is 21.7. The average molecular weight is 1110 g/mol. The van der Waals surface area contributed by atoms with E-state index in [-0.39, 0.29) is 12.5 Å². The summed E-state index contributed by atoms with van der Waals surface area (Å²) in [6, 6.07) is -0.926. The van der Waals surface area contributed by atoms with Gasteiger partial charge >= 0.3 is 0 Å². The molecule has 0 radical (unpaired) electrons. The fraction of sp³-hybridized carbons (Fsp3) is 0.614. The lowest BCUT2D eigenvalue weighted by Crippen LogP contribution is -2.45. The number of aliphatic hydroxyl groups excluding tert-OH is 1. The van der Waals surface area contributed by atoms with Crippen molar-refractivity contribution in [2.75, 3.05) is 40.9 Å². The Labute approximate surface area is 486 Å². The van der Waals surface area contributed by atoms with Gasteiger partial charge in [-0.05, 0) is 122 Å². The molecule has 0 aromatic carbocycles. The van der Waals surface area contributed by atoms with Gasteiger partial charge in [0.1, 0.15) is 13.2 Å². The largest absolute Gasteiger partial charge is 0.756 e. The lowest BCUT2D eigenvalue weighted by atomic mass is 10.1. The normalized spacial score (nSPS) is 14.9. The molecule has 0 spiro atoms. The number of aliphatic hydroxyl groups is 1. The predicted octanol–water partition coefficient (Wildman–Crippen LogP) is 19.2. The van der Waals surface area contributed by atoms with Crippen LogP contribution in [-0.4, -0.2) is 68.5 Å². The highest BCUT2D eigenvalue weighted by atomic mass is 31.2. The molecule has 0 aliphatic rings. The Morgan fingerprint density at radius 2 is 0.785 bits per heavy atom. The summed E-state index contributed by atoms with van der Waals surface area (Å²) >= 11 is 0. The van der Waals surface area contributed by atoms with Crippen molar-refractivity contribution in [3.05, 3.63) is 158 Å². The molecule has 0 aromatic heterocycles. The summed E-state index contributed by atoms with van der Waals surface area (Å²) in [5, 5.41) is 13.9. The molecule has 0 heterocycles. The Kier molecular flexibility index (Phi) is 55.9. The first-order chi connectivity index (χ1) is 38.5. The van der Waals surface area contributed by atoms with E-state index in [0.29, 0.717) is 17.4 Å². The summed E-state index contributed by atoms with van der Waals surface area (Å²) in [5.41, 5.74) is 0. The summed E-state index contributed by atoms with van der Waals surface area (Å²) in [4.78, 5) is 25.5. The van der Waals surface area contributed by atoms with Gasteiger partial charge in [-0.1, -0.05) is 255 Å². The number of nitrogens with one attached hydrogen (secondary N) is 1. The fourth-order valence-electron chi connectivity index (χ4n) is 8.09. The summed E-state index contributed by atoms with van der Waals surface area (Å²) in [6.45, 7) is 4.48. The van der Waals surface area contributed by atoms with Crippen LogP contribution in [0.3, 0.4) is 0 Å². The number of unbranched alkanes of at least 4 members (excludes halogenated alkanes) is 18. The smallest absolute Gasteiger partial charge is 0.268 e. The van der Waals surface area contributed by atoms with Crippen molar-refractivity contribution in [1.29, 1.82) is 0 Å². The number of carbonyl (C=O) groups is 1. The zero-order chi connectivity index (χ0) is 57.7. The topological polar surface area (TPSA) is 108 Å². The van der Waals surface area contributed by atoms with Gasteiger partial charge in [0.2, 0.25) is 5.91 Å². The summed E-state index contributed by atoms with van der Waals surface area (Å²) in [7, 11) is 1.21. The number of likely N-dealkylation sites (N-methyl/N-ethyl adjacent to an activating group) is 1. The quantitative estimate of drug-likeness (QED) is 0.0272. The van der Waals surface area contributed by atoms with Crippen molar-refractivity contribution < 1.29 is 32.9 Å². The van der Waals surface area contributed by atoms with Crippen LogP contribution in [0.5, 0.6) is 0 Å². The molecule has 0 saturated heterocycles. The minimum Gasteiger partial charge on any atom is -0.756 e. The Morgan fingerprint density at radius 1 is 0.456 bits per heavy atom. The second-order valence-corrected chi connectivity index (χ2v) is 23.1. The fourth-order valence-corrected chi connectivity index (χ4v) is 8.82. The highest BCUT2D eigenvalue weighted by molar-refractivity contribution is 7.45. The summed E-state index contributed by atoms with van der Waals surface area (Å²) in [5.74, 6) is -0.227. The van der Waals surface area contributed by atoms with E-state index in [1.165, 1.54) is 83.5 Å². The number of rotatable bonds is 55. The van der Waals surface area contributed by atoms with Crippen LogP contribution in [0.1, 0.15) is 226 Å². The Bertz CT molecular complexity index is 1840. The van der Waals surface area contributed by atoms with E-state index in [9.17, 15) is 19.4 Å². The lowest BCUT2D eigenvalue weighted by Gasteiger charge is -2.29. The van der Waals surface area contributed by atoms with Crippen LogP contribution in [0.15, 0.2) is 158 Å². The molecule has 3 atom stereocenters. The van der Waals surface area contributed by atoms with Crippen molar-refractivity contribution in [2.45, 2.75) is 238 Å². The van der Waals surface area contributed by atoms with Crippen LogP contribution in [0.25, 0.3) is 0 Å². The van der Waals surface area contributed by atoms with Gasteiger partial charge < -0.3 is 28.8 Å². The lowest BCUT2D eigenvalue weighted by molar-refractivity contribution is -0.870. The van der Waals surface area contributed by atoms with E-state index in [0.717, 1.165) is 122 Å². The van der Waals surface area contributed by atoms with Crippen LogP contribution in [0, 0.1) is 0 Å². The molecule has 0 aliphatic carbocycles. The number of hydrogen-bond donors (Lipinski definition) is 2. The molecule has 1 amide bonds. The molecular weight excluding hydrogens is 996 g/mol. The molecule has 2 N–H and O–H groups in total. The van der Waals surface area contributed by atoms with Crippen molar-refractivity contribution >= 4 is 13.7 Å². The highest BCUT2D eigenvalue weighted by Gasteiger charge is 2.23. The second kappa shape index (κ2) is 58.8. The highest BCUT2D eigenvalue weighted by Crippen LogP contribution is 2.38. The maximum absolute atomic E-state index is 13.0. The molecule has 0 aromatic rings. The van der Waals surface area contributed by atoms with Gasteiger partial charge in [0, 0.05) is 6.42 Å². The Balaban J connectivity index is 4.22. The first-order valence-corrected chi connectivity index (χ1v) is 32.8. The molecule has 9 heteroatoms. The molecule has 0 saturated carbocycles. The van der Waals surface area contributed by atoms with Gasteiger partial charge in [0.25, 0.3) is 7.82 Å². The van der Waals surface area contributed by atoms with E-state index in [1.807, 2.05) is 27.2 Å². The van der Waals surface area contributed by atoms with Crippen molar-refractivity contribution in [2.24, 2.45) is 0 Å². The third-order valence-corrected chi connectivity index (χ3v) is 13.9. The first kappa shape index (κ1) is 75.1. The zero-order valence-corrected chi connectivity index (χ0v) is 51.9. The summed E-state index contributed by atoms with van der Waals surface area (Å²) < 4.78 is 23.3. The van der Waals surface area contributed by atoms with Gasteiger partial charge in [-0.2, -0.15) is 0 Å². The molecule has 3 unspecified atom stereocenters. The molecule has 0 aliphatic heterocycles. The van der Waals surface area contributed by atoms with E-state index in [4.69, 9.17) is 9.05 Å². The van der Waals surface area contributed by atoms with Crippen molar-refractivity contribution in [3.8, 4) is 0 Å². The van der Waals surface area contributed by atoms with Gasteiger partial charge in [-0.15, -0.1) is 0 Å². The monoisotopic (exact) mass is 1110 g/mol. The Hall–Kier alpha value is -3.88. The predicted molar refractivity (Wildman–Crippen MR) is 343 cm³/mol. The van der Waals surface area contributed by atoms with E-state index in [1.54, 1.807) is 6.08 Å². The summed E-state index contributed by atoms with van der Waals surface area (Å²) in [6.07, 6.45) is 91.9. The SMILES string of the molecule is CC/C=C\C/C=C\C/C=C\C/C=C\C/C=C\C/C=C\C/C=C\C/C=C\C/C=C\C/C=C\CCCCCCCCCCC(=O)NC(COP(=O)([O-])OCC[N+](C)(C)C)C(O)/C=C/CC/C=C/CC/C=C/CCCCCCCCCC. The first-order valence-electron chi connectivity index (χ1n) is 31.3. The number of phosphoric acid groups is 1. The third-order valence-electron chi connectivity index (χ3n) is 12.9. The number of phosphoric ester groups is 1. The van der Waals surface area contributed by atoms with Crippen LogP contribution in [0.4, 0.5) is 0 Å². The van der Waals surface area contributed by atoms with Crippen LogP contribution in [0.2, 0.25) is 0 Å². The molecule has 79 heavy (non-hydrogen) atoms. The minimum absolute atomic E-state index is 0.0188. The maximum atomic E-state index is 13.0. The number of hydrogen-bond acceptors (Lipinski definition) is 6. The van der Waals surface area contributed by atoms with Crippen molar-refractivity contribution in [3.63, 3.8) is 0 Å². The Morgan fingerprint density at radius 3 is 1.18 bits per heavy atom. The number of allylic oxidation sites excluding steroid dienone is 25. The number of nitrogens with zero attached hydrogens (tertiary/aromatic N) is 1. The third kappa shape index (κ3) is 61.6. The van der Waals surface area contributed by atoms with Crippen LogP contribution < -0.4 is 10.2 Å². The number of amides is 1. The van der Waals surface area contributed by atoms with Gasteiger partial charge in [0.15, 0.2) is 0 Å². The number of carbonyl (C=O) groups excluding carboxylic acids is 1. The molecule has 0 fully saturated rings. The van der Waals surface area contributed by atoms with E-state index >= 15 is 0 Å². The van der Waals surface area contributed by atoms with Crippen LogP contribution in [-0.2, 0) is 18.4 Å². The van der Waals surface area contributed by atoms with Gasteiger partial charge in [-0.3, -0.25) is 9.36 Å². The standard InChI is InChI=1S/C70H117N2O6P/c1-6-8-10-12-14-16-18-20-22-24-26-27-28-29-30-31-32-33-34-35-36-37-38-39-40-41-42-43-44-45-46-48-50-52-54-56-58-60-62-64-70(74)71-68(67-78-79(75,76)77-66-65-72(3,4)5)69(73)63-61-59-57-55-53-51-49-47-25-23-21-19-17-15-13-11-9-7-2/h8,10,14,16,20,22,25-27,29-30,32-33,35-36,38-39,41-42,44-45,47,53,55,61,63,68-69,73H,6-7,9,11-13,15,17-19,21,23-24,28,31,34,37,40,43,46,48-52,54,56-60,62,64-67H2,1-5H3,(H-,71,74,75,76)/b10-8-,16-14-,22-20-,27-26-,30-29-,33-32-,36-35-,39-38-,42-41-,45-44-,47-25+,55-53+,63-61+. The molecule has 0 bridgehead atoms. The maximum Gasteiger partial charge on any atom is 0.268 e. The molecule has 448 valence electrons. The van der Waals surface area contributed by atoms with E-state index in [2.05, 4.69) is 165 Å². The minimum atomic E-state index is -4.62. The average Bonchev–Trinajstić information content (AvgIpc) is 3.42. The molecule has 8 nitrogen and oxygen atoms in total. The van der Waals surface area contributed by atoms with Gasteiger partial charge in [-0.25, -0.2) is 0 Å². The van der Waals surface area contributed by atoms with E-state index < -0.39 is 26.6 Å². The van der Waals surface area contributed by atoms with Crippen molar-refractivity contribution in [1.82, 2.24) is 5.32 Å². The van der Waals surface area contributed by atoms with Crippen LogP contribution >= 0.6 is 7.82 Å². The number of quaternary nitrogens is 1. The molecule has 0 rings (SSSR count). The van der Waals surface area contributed by atoms with Gasteiger partial charge in [0.05, 0.1) is 39.9 Å². The zero-order valence-electron chi connectivity index (χ0n) is 51.0. The molecular formula is C70H117N2O6P.